The van der Waals surface area contributed by atoms with Gasteiger partial charge in [-0.2, -0.15) is 0 Å². The lowest BCUT2D eigenvalue weighted by atomic mass is 10.1. The van der Waals surface area contributed by atoms with Crippen LogP contribution in [0, 0.1) is 0 Å². The predicted octanol–water partition coefficient (Wildman–Crippen LogP) is 1.40. The summed E-state index contributed by atoms with van der Waals surface area (Å²) in [4.78, 5) is 2.53. The lowest BCUT2D eigenvalue weighted by Gasteiger charge is -2.33. The van der Waals surface area contributed by atoms with Crippen molar-refractivity contribution in [1.29, 1.82) is 0 Å². The molecule has 0 spiro atoms. The van der Waals surface area contributed by atoms with Gasteiger partial charge in [-0.05, 0) is 32.1 Å². The van der Waals surface area contributed by atoms with E-state index < -0.39 is 0 Å². The molecule has 1 N–H and O–H groups in total. The Kier molecular flexibility index (Phi) is 4.74. The highest BCUT2D eigenvalue weighted by atomic mass is 16.5. The van der Waals surface area contributed by atoms with E-state index in [-0.39, 0.29) is 0 Å². The van der Waals surface area contributed by atoms with Gasteiger partial charge in [0.05, 0.1) is 24.9 Å². The van der Waals surface area contributed by atoms with Gasteiger partial charge in [0.15, 0.2) is 0 Å². The topological polar surface area (TPSA) is 33.7 Å². The lowest BCUT2D eigenvalue weighted by Crippen LogP contribution is -2.45. The van der Waals surface area contributed by atoms with Crippen molar-refractivity contribution in [2.24, 2.45) is 0 Å². The van der Waals surface area contributed by atoms with E-state index in [4.69, 9.17) is 9.47 Å². The number of rotatable bonds is 6. The van der Waals surface area contributed by atoms with Crippen molar-refractivity contribution in [2.45, 2.75) is 63.4 Å². The molecule has 1 saturated carbocycles. The fraction of sp³-hybridized carbons (Fsp3) is 1.00. The second-order valence-electron chi connectivity index (χ2n) is 6.30. The van der Waals surface area contributed by atoms with Gasteiger partial charge in [-0.3, -0.25) is 4.90 Å². The van der Waals surface area contributed by atoms with Crippen LogP contribution in [-0.2, 0) is 9.47 Å². The number of hydrogen-bond donors (Lipinski definition) is 1. The van der Waals surface area contributed by atoms with Crippen LogP contribution in [0.4, 0.5) is 0 Å². The van der Waals surface area contributed by atoms with E-state index >= 15 is 0 Å². The molecule has 3 fully saturated rings. The highest BCUT2D eigenvalue weighted by molar-refractivity contribution is 4.85. The van der Waals surface area contributed by atoms with Crippen LogP contribution < -0.4 is 5.32 Å². The molecule has 3 unspecified atom stereocenters. The molecule has 0 radical (unpaired) electrons. The molecule has 0 aromatic carbocycles. The molecule has 0 aromatic rings. The molecule has 0 bridgehead atoms. The summed E-state index contributed by atoms with van der Waals surface area (Å²) in [6, 6.07) is 0.798. The molecule has 4 heteroatoms. The van der Waals surface area contributed by atoms with Gasteiger partial charge < -0.3 is 14.8 Å². The Morgan fingerprint density at radius 3 is 2.74 bits per heavy atom. The van der Waals surface area contributed by atoms with Crippen LogP contribution in [0.5, 0.6) is 0 Å². The first kappa shape index (κ1) is 13.8. The quantitative estimate of drug-likeness (QED) is 0.789. The molecule has 3 aliphatic rings. The third-order valence-electron chi connectivity index (χ3n) is 4.55. The van der Waals surface area contributed by atoms with Crippen molar-refractivity contribution in [3.05, 3.63) is 0 Å². The van der Waals surface area contributed by atoms with Gasteiger partial charge in [0, 0.05) is 32.2 Å². The van der Waals surface area contributed by atoms with Crippen LogP contribution in [0.3, 0.4) is 0 Å². The maximum atomic E-state index is 6.17. The zero-order valence-electron chi connectivity index (χ0n) is 12.1. The van der Waals surface area contributed by atoms with Crippen molar-refractivity contribution in [3.8, 4) is 0 Å². The third-order valence-corrected chi connectivity index (χ3v) is 4.55. The van der Waals surface area contributed by atoms with Gasteiger partial charge in [0.1, 0.15) is 0 Å². The maximum absolute atomic E-state index is 6.17. The highest BCUT2D eigenvalue weighted by Crippen LogP contribution is 2.23. The maximum Gasteiger partial charge on any atom is 0.0707 e. The second kappa shape index (κ2) is 6.53. The SMILES string of the molecule is CCC1CN(CC2CCC(CNC3CC3)O2)CCO1. The van der Waals surface area contributed by atoms with Gasteiger partial charge in [-0.15, -0.1) is 0 Å². The van der Waals surface area contributed by atoms with Gasteiger partial charge in [0.25, 0.3) is 0 Å². The number of ether oxygens (including phenoxy) is 2. The lowest BCUT2D eigenvalue weighted by molar-refractivity contribution is -0.0503. The first-order valence-corrected chi connectivity index (χ1v) is 8.06. The van der Waals surface area contributed by atoms with Gasteiger partial charge in [-0.25, -0.2) is 0 Å². The Balaban J connectivity index is 1.36. The van der Waals surface area contributed by atoms with Crippen molar-refractivity contribution in [3.63, 3.8) is 0 Å². The molecule has 1 aliphatic carbocycles. The number of hydrogen-bond acceptors (Lipinski definition) is 4. The monoisotopic (exact) mass is 268 g/mol. The standard InChI is InChI=1S/C15H28N2O2/c1-2-13-10-17(7-8-18-13)11-15-6-5-14(19-15)9-16-12-3-4-12/h12-16H,2-11H2,1H3. The van der Waals surface area contributed by atoms with Gasteiger partial charge in [0.2, 0.25) is 0 Å². The molecule has 2 saturated heterocycles. The molecule has 2 aliphatic heterocycles. The Bertz CT molecular complexity index is 283. The van der Waals surface area contributed by atoms with Crippen LogP contribution in [0.2, 0.25) is 0 Å². The molecule has 3 rings (SSSR count). The summed E-state index contributed by atoms with van der Waals surface area (Å²) in [7, 11) is 0. The van der Waals surface area contributed by atoms with E-state index in [1.165, 1.54) is 25.7 Å². The van der Waals surface area contributed by atoms with E-state index in [2.05, 4.69) is 17.1 Å². The Morgan fingerprint density at radius 1 is 1.11 bits per heavy atom. The number of nitrogens with one attached hydrogen (secondary N) is 1. The predicted molar refractivity (Wildman–Crippen MR) is 75.4 cm³/mol. The smallest absolute Gasteiger partial charge is 0.0707 e. The van der Waals surface area contributed by atoms with E-state index in [1.807, 2.05) is 0 Å². The molecule has 110 valence electrons. The van der Waals surface area contributed by atoms with Crippen LogP contribution in [0.15, 0.2) is 0 Å². The zero-order valence-corrected chi connectivity index (χ0v) is 12.1. The van der Waals surface area contributed by atoms with Crippen molar-refractivity contribution < 1.29 is 9.47 Å². The minimum Gasteiger partial charge on any atom is -0.376 e. The highest BCUT2D eigenvalue weighted by Gasteiger charge is 2.30. The summed E-state index contributed by atoms with van der Waals surface area (Å²) in [6.45, 7) is 7.40. The van der Waals surface area contributed by atoms with Crippen LogP contribution in [-0.4, -0.2) is 62.0 Å². The molecule has 0 amide bonds. The Morgan fingerprint density at radius 2 is 1.95 bits per heavy atom. The normalized spacial score (nSPS) is 36.8. The van der Waals surface area contributed by atoms with Crippen LogP contribution in [0.25, 0.3) is 0 Å². The minimum atomic E-state index is 0.433. The Hall–Kier alpha value is -0.160. The molecular formula is C15H28N2O2. The summed E-state index contributed by atoms with van der Waals surface area (Å²) < 4.78 is 11.9. The fourth-order valence-corrected chi connectivity index (χ4v) is 3.13. The van der Waals surface area contributed by atoms with Gasteiger partial charge >= 0.3 is 0 Å². The summed E-state index contributed by atoms with van der Waals surface area (Å²) >= 11 is 0. The molecular weight excluding hydrogens is 240 g/mol. The van der Waals surface area contributed by atoms with Crippen molar-refractivity contribution in [2.75, 3.05) is 32.8 Å². The van der Waals surface area contributed by atoms with Crippen LogP contribution >= 0.6 is 0 Å². The van der Waals surface area contributed by atoms with Gasteiger partial charge in [-0.1, -0.05) is 6.92 Å². The van der Waals surface area contributed by atoms with E-state index in [1.54, 1.807) is 0 Å². The van der Waals surface area contributed by atoms with E-state index in [0.717, 1.165) is 45.2 Å². The number of nitrogens with zero attached hydrogens (tertiary/aromatic N) is 1. The Labute approximate surface area is 116 Å². The van der Waals surface area contributed by atoms with E-state index in [9.17, 15) is 0 Å². The zero-order chi connectivity index (χ0) is 13.1. The third kappa shape index (κ3) is 4.15. The molecule has 3 atom stereocenters. The molecule has 4 nitrogen and oxygen atoms in total. The first-order chi connectivity index (χ1) is 9.33. The number of morpholine rings is 1. The summed E-state index contributed by atoms with van der Waals surface area (Å²) in [5.74, 6) is 0. The molecule has 2 heterocycles. The molecule has 0 aromatic heterocycles. The van der Waals surface area contributed by atoms with Crippen LogP contribution in [0.1, 0.15) is 39.0 Å². The van der Waals surface area contributed by atoms with Crippen molar-refractivity contribution in [1.82, 2.24) is 10.2 Å². The van der Waals surface area contributed by atoms with E-state index in [0.29, 0.717) is 18.3 Å². The minimum absolute atomic E-state index is 0.433. The molecule has 19 heavy (non-hydrogen) atoms. The summed E-state index contributed by atoms with van der Waals surface area (Å²) in [5, 5.41) is 3.58. The second-order valence-corrected chi connectivity index (χ2v) is 6.30. The summed E-state index contributed by atoms with van der Waals surface area (Å²) in [5.41, 5.74) is 0. The summed E-state index contributed by atoms with van der Waals surface area (Å²) in [6.07, 6.45) is 7.63. The average Bonchev–Trinajstić information content (AvgIpc) is 3.17. The fourth-order valence-electron chi connectivity index (χ4n) is 3.13. The first-order valence-electron chi connectivity index (χ1n) is 8.06. The average molecular weight is 268 g/mol. The van der Waals surface area contributed by atoms with Crippen molar-refractivity contribution >= 4 is 0 Å². The largest absolute Gasteiger partial charge is 0.376 e.